The van der Waals surface area contributed by atoms with Gasteiger partial charge in [0.2, 0.25) is 6.61 Å². The van der Waals surface area contributed by atoms with Gasteiger partial charge in [-0.25, -0.2) is 4.79 Å². The Morgan fingerprint density at radius 2 is 1.87 bits per heavy atom. The highest BCUT2D eigenvalue weighted by Gasteiger charge is 2.67. The van der Waals surface area contributed by atoms with E-state index in [4.69, 9.17) is 9.94 Å². The van der Waals surface area contributed by atoms with Gasteiger partial charge in [0.15, 0.2) is 0 Å². The first kappa shape index (κ1) is 29.5. The molecule has 216 valence electrons. The van der Waals surface area contributed by atoms with Crippen molar-refractivity contribution in [2.75, 3.05) is 6.61 Å². The van der Waals surface area contributed by atoms with Crippen molar-refractivity contribution in [1.29, 1.82) is 0 Å². The first-order valence-corrected chi connectivity index (χ1v) is 14.2. The van der Waals surface area contributed by atoms with Crippen molar-refractivity contribution in [2.45, 2.75) is 115 Å². The zero-order valence-electron chi connectivity index (χ0n) is 23.4. The number of fused-ring (bicyclic) bond motifs is 5. The van der Waals surface area contributed by atoms with Gasteiger partial charge in [0.05, 0.1) is 35.2 Å². The fraction of sp³-hybridized carbons (Fsp3) is 0.862. The molecule has 3 saturated carbocycles. The van der Waals surface area contributed by atoms with Crippen LogP contribution in [0.3, 0.4) is 0 Å². The largest absolute Gasteiger partial charge is 0.479 e. The molecule has 38 heavy (non-hydrogen) atoms. The van der Waals surface area contributed by atoms with Crippen LogP contribution in [-0.2, 0) is 9.63 Å². The number of aliphatic carboxylic acids is 1. The van der Waals surface area contributed by atoms with Gasteiger partial charge in [0.25, 0.3) is 0 Å². The molecule has 3 fully saturated rings. The first-order chi connectivity index (χ1) is 17.5. The van der Waals surface area contributed by atoms with Crippen molar-refractivity contribution < 1.29 is 40.3 Å². The van der Waals surface area contributed by atoms with E-state index in [2.05, 4.69) is 19.0 Å². The zero-order chi connectivity index (χ0) is 28.3. The number of carboxylic acid groups (broad SMARTS) is 1. The van der Waals surface area contributed by atoms with E-state index in [0.29, 0.717) is 31.4 Å². The van der Waals surface area contributed by atoms with Gasteiger partial charge in [-0.15, -0.1) is 0 Å². The maximum atomic E-state index is 12.5. The number of carbonyl (C=O) groups is 1. The molecule has 6 N–H and O–H groups in total. The number of allylic oxidation sites excluding steroid dienone is 1. The summed E-state index contributed by atoms with van der Waals surface area (Å²) in [5.41, 5.74) is -1.62. The standard InChI is InChI=1S/C29H47NO8/c1-16(22(31)8-9-26(2,3)36)17-7-11-29(37)19-12-21(30-38-15-25(34)35)20-13-23(32)24(33)14-27(20,4)18(19)6-10-28(17,29)5/h12,16-18,20,22-24,31-33,36-37H,6-11,13-15H2,1-5H3,(H,34,35)/t16-,17+,18-,20-,22?,23+,24-,27+,28+,29+/m0/s1. The van der Waals surface area contributed by atoms with Crippen LogP contribution in [0.15, 0.2) is 16.8 Å². The minimum Gasteiger partial charge on any atom is -0.479 e. The van der Waals surface area contributed by atoms with Crippen molar-refractivity contribution in [3.05, 3.63) is 11.6 Å². The minimum absolute atomic E-state index is 0.0275. The van der Waals surface area contributed by atoms with Crippen LogP contribution < -0.4 is 0 Å². The van der Waals surface area contributed by atoms with Crippen LogP contribution in [0.4, 0.5) is 0 Å². The molecular weight excluding hydrogens is 490 g/mol. The Morgan fingerprint density at radius 1 is 1.18 bits per heavy atom. The second-order valence-electron chi connectivity index (χ2n) is 13.7. The minimum atomic E-state index is -1.15. The summed E-state index contributed by atoms with van der Waals surface area (Å²) >= 11 is 0. The third kappa shape index (κ3) is 4.94. The van der Waals surface area contributed by atoms with Crippen molar-refractivity contribution in [3.8, 4) is 0 Å². The van der Waals surface area contributed by atoms with Crippen LogP contribution in [0.5, 0.6) is 0 Å². The van der Waals surface area contributed by atoms with Crippen LogP contribution in [0, 0.1) is 34.5 Å². The Kier molecular flexibility index (Phi) is 7.87. The lowest BCUT2D eigenvalue weighted by Gasteiger charge is -2.60. The van der Waals surface area contributed by atoms with Crippen LogP contribution in [0.1, 0.15) is 86.0 Å². The molecular formula is C29H47NO8. The number of carboxylic acids is 1. The number of aliphatic hydroxyl groups is 5. The van der Waals surface area contributed by atoms with Gasteiger partial charge >= 0.3 is 5.97 Å². The molecule has 0 heterocycles. The highest BCUT2D eigenvalue weighted by atomic mass is 16.6. The van der Waals surface area contributed by atoms with Gasteiger partial charge in [-0.05, 0) is 100 Å². The number of hydrogen-bond acceptors (Lipinski definition) is 8. The van der Waals surface area contributed by atoms with Crippen LogP contribution >= 0.6 is 0 Å². The van der Waals surface area contributed by atoms with E-state index >= 15 is 0 Å². The molecule has 4 rings (SSSR count). The topological polar surface area (TPSA) is 160 Å². The second kappa shape index (κ2) is 10.1. The molecule has 0 aliphatic heterocycles. The molecule has 0 amide bonds. The Bertz CT molecular complexity index is 974. The summed E-state index contributed by atoms with van der Waals surface area (Å²) in [6, 6.07) is 0. The summed E-state index contributed by atoms with van der Waals surface area (Å²) in [7, 11) is 0. The van der Waals surface area contributed by atoms with E-state index < -0.39 is 52.9 Å². The van der Waals surface area contributed by atoms with E-state index in [1.807, 2.05) is 13.0 Å². The molecule has 0 spiro atoms. The molecule has 4 aliphatic rings. The summed E-state index contributed by atoms with van der Waals surface area (Å²) in [4.78, 5) is 16.2. The fourth-order valence-electron chi connectivity index (χ4n) is 8.56. The van der Waals surface area contributed by atoms with Crippen LogP contribution in [-0.4, -0.2) is 78.4 Å². The highest BCUT2D eigenvalue weighted by Crippen LogP contribution is 2.68. The van der Waals surface area contributed by atoms with E-state index in [9.17, 15) is 30.3 Å². The smallest absolute Gasteiger partial charge is 0.344 e. The van der Waals surface area contributed by atoms with Crippen LogP contribution in [0.2, 0.25) is 0 Å². The Hall–Kier alpha value is -1.52. The third-order valence-corrected chi connectivity index (χ3v) is 10.9. The Balaban J connectivity index is 1.69. The summed E-state index contributed by atoms with van der Waals surface area (Å²) in [6.07, 6.45) is 3.94. The van der Waals surface area contributed by atoms with Crippen molar-refractivity contribution in [3.63, 3.8) is 0 Å². The predicted molar refractivity (Wildman–Crippen MR) is 141 cm³/mol. The van der Waals surface area contributed by atoms with Crippen molar-refractivity contribution in [1.82, 2.24) is 0 Å². The first-order valence-electron chi connectivity index (χ1n) is 14.2. The molecule has 0 bridgehead atoms. The number of hydrogen-bond donors (Lipinski definition) is 6. The summed E-state index contributed by atoms with van der Waals surface area (Å²) < 4.78 is 0. The zero-order valence-corrected chi connectivity index (χ0v) is 23.4. The monoisotopic (exact) mass is 537 g/mol. The number of nitrogens with zero attached hydrogens (tertiary/aromatic N) is 1. The molecule has 0 radical (unpaired) electrons. The number of oxime groups is 1. The molecule has 9 nitrogen and oxygen atoms in total. The highest BCUT2D eigenvalue weighted by molar-refractivity contribution is 5.99. The lowest BCUT2D eigenvalue weighted by atomic mass is 9.45. The summed E-state index contributed by atoms with van der Waals surface area (Å²) in [5.74, 6) is -1.41. The van der Waals surface area contributed by atoms with Crippen molar-refractivity contribution in [2.24, 2.45) is 39.7 Å². The average molecular weight is 538 g/mol. The molecule has 0 aromatic carbocycles. The lowest BCUT2D eigenvalue weighted by molar-refractivity contribution is -0.142. The van der Waals surface area contributed by atoms with Gasteiger partial charge < -0.3 is 35.5 Å². The van der Waals surface area contributed by atoms with Gasteiger partial charge in [-0.3, -0.25) is 0 Å². The average Bonchev–Trinajstić information content (AvgIpc) is 3.09. The fourth-order valence-corrected chi connectivity index (χ4v) is 8.56. The molecule has 1 unspecified atom stereocenters. The number of aliphatic hydroxyl groups excluding tert-OH is 3. The van der Waals surface area contributed by atoms with Crippen molar-refractivity contribution >= 4 is 11.7 Å². The summed E-state index contributed by atoms with van der Waals surface area (Å²) in [5, 5.41) is 68.1. The maximum absolute atomic E-state index is 12.5. The molecule has 0 aromatic rings. The Labute approximate surface area is 225 Å². The summed E-state index contributed by atoms with van der Waals surface area (Å²) in [6.45, 7) is 9.14. The van der Waals surface area contributed by atoms with Crippen LogP contribution in [0.25, 0.3) is 0 Å². The second-order valence-corrected chi connectivity index (χ2v) is 13.7. The van der Waals surface area contributed by atoms with Gasteiger partial charge in [-0.1, -0.05) is 25.9 Å². The normalized spacial score (nSPS) is 43.5. The van der Waals surface area contributed by atoms with E-state index in [1.165, 1.54) is 0 Å². The SMILES string of the molecule is C[C@H](C(O)CCC(C)(C)O)[C@H]1CC[C@@]2(O)C3=CC(=NOCC(=O)O)[C@@H]4C[C@@H](O)[C@@H](O)C[C@]4(C)[C@H]3CC[C@]12C. The van der Waals surface area contributed by atoms with Gasteiger partial charge in [0.1, 0.15) is 0 Å². The van der Waals surface area contributed by atoms with Gasteiger partial charge in [-0.2, -0.15) is 0 Å². The molecule has 0 aromatic heterocycles. The molecule has 0 saturated heterocycles. The van der Waals surface area contributed by atoms with E-state index in [0.717, 1.165) is 24.8 Å². The Morgan fingerprint density at radius 3 is 2.50 bits per heavy atom. The molecule has 10 atom stereocenters. The molecule has 9 heteroatoms. The van der Waals surface area contributed by atoms with Gasteiger partial charge in [0, 0.05) is 11.3 Å². The molecule has 4 aliphatic carbocycles. The third-order valence-electron chi connectivity index (χ3n) is 10.9. The van der Waals surface area contributed by atoms with E-state index in [1.54, 1.807) is 13.8 Å². The number of rotatable bonds is 8. The quantitative estimate of drug-likeness (QED) is 0.258. The lowest BCUT2D eigenvalue weighted by Crippen LogP contribution is -2.61. The maximum Gasteiger partial charge on any atom is 0.344 e. The van der Waals surface area contributed by atoms with E-state index in [-0.39, 0.29) is 30.1 Å². The predicted octanol–water partition coefficient (Wildman–Crippen LogP) is 2.63.